The highest BCUT2D eigenvalue weighted by Gasteiger charge is 2.41. The first-order valence-corrected chi connectivity index (χ1v) is 7.27. The van der Waals surface area contributed by atoms with E-state index in [4.69, 9.17) is 11.6 Å². The van der Waals surface area contributed by atoms with Gasteiger partial charge < -0.3 is 4.74 Å². The first kappa shape index (κ1) is 18.3. The maximum Gasteiger partial charge on any atom is 0.432 e. The summed E-state index contributed by atoms with van der Waals surface area (Å²) in [6, 6.07) is 3.99. The van der Waals surface area contributed by atoms with E-state index in [2.05, 4.69) is 4.74 Å². The second kappa shape index (κ2) is 6.35. The van der Waals surface area contributed by atoms with Gasteiger partial charge in [-0.3, -0.25) is 0 Å². The van der Waals surface area contributed by atoms with Crippen molar-refractivity contribution in [3.8, 4) is 5.75 Å². The van der Waals surface area contributed by atoms with Crippen molar-refractivity contribution in [2.75, 3.05) is 0 Å². The van der Waals surface area contributed by atoms with Gasteiger partial charge >= 0.3 is 6.11 Å². The van der Waals surface area contributed by atoms with E-state index in [1.807, 2.05) is 0 Å². The molecular formula is C17H6ClF7O. The van der Waals surface area contributed by atoms with Crippen molar-refractivity contribution in [2.45, 2.75) is 6.11 Å². The van der Waals surface area contributed by atoms with Gasteiger partial charge in [0.2, 0.25) is 0 Å². The topological polar surface area (TPSA) is 9.23 Å². The molecule has 0 unspecified atom stereocenters. The Morgan fingerprint density at radius 3 is 2.00 bits per heavy atom. The monoisotopic (exact) mass is 394 g/mol. The average Bonchev–Trinajstić information content (AvgIpc) is 2.50. The Kier molecular flexibility index (Phi) is 4.47. The normalized spacial score (nSPS) is 11.8. The molecule has 0 aliphatic carbocycles. The molecule has 0 saturated heterocycles. The predicted molar refractivity (Wildman–Crippen MR) is 79.7 cm³/mol. The number of hydrogen-bond donors (Lipinski definition) is 0. The van der Waals surface area contributed by atoms with Gasteiger partial charge in [-0.2, -0.15) is 8.78 Å². The van der Waals surface area contributed by atoms with Crippen LogP contribution in [0.3, 0.4) is 0 Å². The molecule has 0 radical (unpaired) electrons. The second-order valence-corrected chi connectivity index (χ2v) is 5.67. The van der Waals surface area contributed by atoms with Crippen LogP contribution in [0, 0.1) is 29.1 Å². The van der Waals surface area contributed by atoms with E-state index in [1.165, 1.54) is 0 Å². The minimum atomic E-state index is -4.45. The fourth-order valence-electron chi connectivity index (χ4n) is 2.37. The Labute approximate surface area is 146 Å². The highest BCUT2D eigenvalue weighted by molar-refractivity contribution is 6.30. The summed E-state index contributed by atoms with van der Waals surface area (Å²) in [7, 11) is 0. The SMILES string of the molecule is Fc1cc2cc(OC(F)(F)c3c(F)cc(Cl)cc3F)ccc2c(F)c1F. The fourth-order valence-corrected chi connectivity index (χ4v) is 2.56. The van der Waals surface area contributed by atoms with Gasteiger partial charge in [0.1, 0.15) is 22.9 Å². The Balaban J connectivity index is 2.04. The first-order chi connectivity index (χ1) is 12.1. The van der Waals surface area contributed by atoms with E-state index in [0.29, 0.717) is 18.2 Å². The van der Waals surface area contributed by atoms with Crippen molar-refractivity contribution in [3.05, 3.63) is 76.1 Å². The van der Waals surface area contributed by atoms with Gasteiger partial charge in [0, 0.05) is 10.4 Å². The van der Waals surface area contributed by atoms with Gasteiger partial charge in [-0.25, -0.2) is 22.0 Å². The summed E-state index contributed by atoms with van der Waals surface area (Å²) in [6.07, 6.45) is -4.45. The molecule has 0 atom stereocenters. The van der Waals surface area contributed by atoms with Crippen LogP contribution in [-0.4, -0.2) is 0 Å². The van der Waals surface area contributed by atoms with Crippen LogP contribution in [0.15, 0.2) is 36.4 Å². The molecule has 136 valence electrons. The number of ether oxygens (including phenoxy) is 1. The Morgan fingerprint density at radius 2 is 1.38 bits per heavy atom. The number of benzene rings is 3. The van der Waals surface area contributed by atoms with Gasteiger partial charge in [0.05, 0.1) is 0 Å². The van der Waals surface area contributed by atoms with Crippen LogP contribution in [0.1, 0.15) is 5.56 Å². The van der Waals surface area contributed by atoms with E-state index in [-0.39, 0.29) is 10.8 Å². The van der Waals surface area contributed by atoms with Gasteiger partial charge in [-0.05, 0) is 41.8 Å². The lowest BCUT2D eigenvalue weighted by molar-refractivity contribution is -0.189. The van der Waals surface area contributed by atoms with Gasteiger partial charge in [0.15, 0.2) is 17.5 Å². The molecular weight excluding hydrogens is 389 g/mol. The third-order valence-electron chi connectivity index (χ3n) is 3.49. The summed E-state index contributed by atoms with van der Waals surface area (Å²) in [5.74, 6) is -8.69. The van der Waals surface area contributed by atoms with E-state index in [9.17, 15) is 30.7 Å². The maximum atomic E-state index is 14.2. The summed E-state index contributed by atoms with van der Waals surface area (Å²) in [4.78, 5) is 0. The van der Waals surface area contributed by atoms with Crippen molar-refractivity contribution in [1.29, 1.82) is 0 Å². The van der Waals surface area contributed by atoms with Crippen molar-refractivity contribution in [3.63, 3.8) is 0 Å². The largest absolute Gasteiger partial charge is 0.432 e. The van der Waals surface area contributed by atoms with Crippen LogP contribution in [0.2, 0.25) is 5.02 Å². The van der Waals surface area contributed by atoms with Crippen molar-refractivity contribution in [1.82, 2.24) is 0 Å². The van der Waals surface area contributed by atoms with E-state index < -0.39 is 51.5 Å². The molecule has 0 aromatic heterocycles. The Morgan fingerprint density at radius 1 is 0.769 bits per heavy atom. The molecule has 1 nitrogen and oxygen atoms in total. The van der Waals surface area contributed by atoms with Gasteiger partial charge in [-0.15, -0.1) is 0 Å². The van der Waals surface area contributed by atoms with Crippen molar-refractivity contribution >= 4 is 22.4 Å². The van der Waals surface area contributed by atoms with E-state index in [0.717, 1.165) is 18.2 Å². The molecule has 0 spiro atoms. The summed E-state index contributed by atoms with van der Waals surface area (Å²) in [6.45, 7) is 0. The first-order valence-electron chi connectivity index (χ1n) is 6.89. The summed E-state index contributed by atoms with van der Waals surface area (Å²) >= 11 is 5.37. The van der Waals surface area contributed by atoms with Gasteiger partial charge in [0.25, 0.3) is 0 Å². The number of rotatable bonds is 3. The predicted octanol–water partition coefficient (Wildman–Crippen LogP) is 6.32. The standard InChI is InChI=1S/C17H6ClF7O/c18-8-5-11(19)14(12(20)6-8)17(24,25)26-9-1-2-10-7(3-9)4-13(21)16(23)15(10)22/h1-6H. The zero-order chi connectivity index (χ0) is 19.2. The molecule has 0 N–H and O–H groups in total. The lowest BCUT2D eigenvalue weighted by Gasteiger charge is -2.20. The van der Waals surface area contributed by atoms with Gasteiger partial charge in [-0.1, -0.05) is 11.6 Å². The lowest BCUT2D eigenvalue weighted by Crippen LogP contribution is -2.25. The van der Waals surface area contributed by atoms with Crippen molar-refractivity contribution in [2.24, 2.45) is 0 Å². The third kappa shape index (κ3) is 3.16. The quantitative estimate of drug-likeness (QED) is 0.373. The molecule has 0 amide bonds. The summed E-state index contributed by atoms with van der Waals surface area (Å²) in [5, 5.41) is -1.10. The molecule has 0 fully saturated rings. The highest BCUT2D eigenvalue weighted by Crippen LogP contribution is 2.37. The van der Waals surface area contributed by atoms with Crippen LogP contribution in [-0.2, 0) is 6.11 Å². The van der Waals surface area contributed by atoms with Crippen LogP contribution >= 0.6 is 11.6 Å². The minimum absolute atomic E-state index is 0.285. The molecule has 0 heterocycles. The van der Waals surface area contributed by atoms with E-state index in [1.54, 1.807) is 0 Å². The van der Waals surface area contributed by atoms with Crippen LogP contribution < -0.4 is 4.74 Å². The molecule has 26 heavy (non-hydrogen) atoms. The zero-order valence-corrected chi connectivity index (χ0v) is 13.2. The third-order valence-corrected chi connectivity index (χ3v) is 3.71. The number of halogens is 8. The number of alkyl halides is 2. The molecule has 3 rings (SSSR count). The molecule has 9 heteroatoms. The van der Waals surface area contributed by atoms with E-state index >= 15 is 0 Å². The van der Waals surface area contributed by atoms with Crippen LogP contribution in [0.25, 0.3) is 10.8 Å². The Bertz CT molecular complexity index is 997. The van der Waals surface area contributed by atoms with Crippen LogP contribution in [0.5, 0.6) is 5.75 Å². The molecule has 0 bridgehead atoms. The Hall–Kier alpha value is -2.48. The molecule has 3 aromatic rings. The highest BCUT2D eigenvalue weighted by atomic mass is 35.5. The number of hydrogen-bond acceptors (Lipinski definition) is 1. The van der Waals surface area contributed by atoms with Crippen molar-refractivity contribution < 1.29 is 35.5 Å². The summed E-state index contributed by atoms with van der Waals surface area (Å²) < 4.78 is 100. The number of fused-ring (bicyclic) bond motifs is 1. The smallest absolute Gasteiger partial charge is 0.429 e. The molecule has 0 aliphatic rings. The zero-order valence-electron chi connectivity index (χ0n) is 12.4. The summed E-state index contributed by atoms with van der Waals surface area (Å²) in [5.41, 5.74) is -1.68. The molecule has 0 aliphatic heterocycles. The molecule has 0 saturated carbocycles. The van der Waals surface area contributed by atoms with Crippen LogP contribution in [0.4, 0.5) is 30.7 Å². The maximum absolute atomic E-state index is 14.2. The second-order valence-electron chi connectivity index (χ2n) is 5.23. The average molecular weight is 395 g/mol. The fraction of sp³-hybridized carbons (Fsp3) is 0.0588. The molecule has 3 aromatic carbocycles. The lowest BCUT2D eigenvalue weighted by atomic mass is 10.1. The minimum Gasteiger partial charge on any atom is -0.429 e.